The largest absolute Gasteiger partial charge is 0.376 e. The number of nitrogens with one attached hydrogen (secondary N) is 1. The number of fused-ring (bicyclic) bond motifs is 3. The van der Waals surface area contributed by atoms with Gasteiger partial charge >= 0.3 is 0 Å². The van der Waals surface area contributed by atoms with Crippen LogP contribution in [0.1, 0.15) is 12.8 Å². The Kier molecular flexibility index (Phi) is 5.90. The lowest BCUT2D eigenvalue weighted by molar-refractivity contribution is -0.113. The van der Waals surface area contributed by atoms with E-state index in [2.05, 4.69) is 10.3 Å². The predicted molar refractivity (Wildman–Crippen MR) is 124 cm³/mol. The van der Waals surface area contributed by atoms with Crippen LogP contribution in [0.4, 0.5) is 10.1 Å². The molecule has 7 nitrogen and oxygen atoms in total. The van der Waals surface area contributed by atoms with Gasteiger partial charge in [0.1, 0.15) is 15.3 Å². The minimum atomic E-state index is -0.502. The first kappa shape index (κ1) is 21.0. The molecular weight excluding hydrogens is 451 g/mol. The number of carbonyl (C=O) groups excluding carboxylic acids is 1. The summed E-state index contributed by atoms with van der Waals surface area (Å²) in [5.74, 6) is -0.897. The van der Waals surface area contributed by atoms with E-state index in [0.29, 0.717) is 28.5 Å². The van der Waals surface area contributed by atoms with Gasteiger partial charge in [-0.2, -0.15) is 0 Å². The molecule has 5 rings (SSSR count). The Labute approximate surface area is 190 Å². The summed E-state index contributed by atoms with van der Waals surface area (Å²) in [7, 11) is 0. The van der Waals surface area contributed by atoms with Gasteiger partial charge in [0, 0.05) is 18.2 Å². The third kappa shape index (κ3) is 4.13. The van der Waals surface area contributed by atoms with Crippen molar-refractivity contribution >= 4 is 55.1 Å². The fourth-order valence-corrected chi connectivity index (χ4v) is 5.52. The molecule has 32 heavy (non-hydrogen) atoms. The van der Waals surface area contributed by atoms with Crippen LogP contribution >= 0.6 is 23.1 Å². The van der Waals surface area contributed by atoms with Crippen LogP contribution in [0.25, 0.3) is 20.4 Å². The molecular formula is C22H19FN4O3S2. The number of aromatic nitrogens is 3. The quantitative estimate of drug-likeness (QED) is 0.338. The number of para-hydroxylation sites is 1. The summed E-state index contributed by atoms with van der Waals surface area (Å²) in [6.07, 6.45) is 3.45. The molecule has 0 spiro atoms. The minimum absolute atomic E-state index is 0.0157. The van der Waals surface area contributed by atoms with Crippen LogP contribution < -0.4 is 10.9 Å². The second kappa shape index (κ2) is 8.97. The van der Waals surface area contributed by atoms with Gasteiger partial charge in [0.05, 0.1) is 29.6 Å². The van der Waals surface area contributed by atoms with E-state index < -0.39 is 5.82 Å². The maximum atomic E-state index is 13.8. The second-order valence-corrected chi connectivity index (χ2v) is 9.34. The lowest BCUT2D eigenvalue weighted by Crippen LogP contribution is -2.28. The second-order valence-electron chi connectivity index (χ2n) is 7.40. The number of benzene rings is 1. The minimum Gasteiger partial charge on any atom is -0.376 e. The highest BCUT2D eigenvalue weighted by atomic mass is 32.2. The fraction of sp³-hybridized carbons (Fsp3) is 0.273. The third-order valence-electron chi connectivity index (χ3n) is 5.21. The number of thioether (sulfide) groups is 1. The van der Waals surface area contributed by atoms with Crippen molar-refractivity contribution in [2.24, 2.45) is 0 Å². The number of hydrogen-bond acceptors (Lipinski definition) is 7. The van der Waals surface area contributed by atoms with Crippen molar-refractivity contribution in [2.75, 3.05) is 17.7 Å². The fourth-order valence-electron chi connectivity index (χ4n) is 3.68. The molecule has 0 bridgehead atoms. The number of halogens is 1. The van der Waals surface area contributed by atoms with Gasteiger partial charge in [-0.15, -0.1) is 11.3 Å². The Morgan fingerprint density at radius 3 is 3.00 bits per heavy atom. The molecule has 4 heterocycles. The highest BCUT2D eigenvalue weighted by Crippen LogP contribution is 2.31. The van der Waals surface area contributed by atoms with Crippen LogP contribution in [0.2, 0.25) is 0 Å². The van der Waals surface area contributed by atoms with E-state index in [-0.39, 0.29) is 29.0 Å². The van der Waals surface area contributed by atoms with E-state index in [4.69, 9.17) is 9.72 Å². The molecule has 1 aliphatic rings. The van der Waals surface area contributed by atoms with Crippen molar-refractivity contribution in [3.8, 4) is 0 Å². The van der Waals surface area contributed by atoms with Gasteiger partial charge in [0.15, 0.2) is 5.16 Å². The molecule has 1 aliphatic heterocycles. The summed E-state index contributed by atoms with van der Waals surface area (Å²) in [6.45, 7) is 1.05. The zero-order chi connectivity index (χ0) is 22.1. The zero-order valence-corrected chi connectivity index (χ0v) is 18.5. The molecule has 1 N–H and O–H groups in total. The maximum Gasteiger partial charge on any atom is 0.272 e. The molecule has 0 unspecified atom stereocenters. The predicted octanol–water partition coefficient (Wildman–Crippen LogP) is 4.06. The van der Waals surface area contributed by atoms with Gasteiger partial charge in [0.2, 0.25) is 5.91 Å². The van der Waals surface area contributed by atoms with Crippen molar-refractivity contribution in [3.63, 3.8) is 0 Å². The average molecular weight is 471 g/mol. The smallest absolute Gasteiger partial charge is 0.272 e. The number of thiophene rings is 1. The number of nitrogens with zero attached hydrogens (tertiary/aromatic N) is 3. The van der Waals surface area contributed by atoms with Gasteiger partial charge in [-0.1, -0.05) is 23.9 Å². The first-order valence-electron chi connectivity index (χ1n) is 10.2. The Morgan fingerprint density at radius 2 is 2.19 bits per heavy atom. The number of rotatable bonds is 6. The summed E-state index contributed by atoms with van der Waals surface area (Å²) >= 11 is 2.47. The van der Waals surface area contributed by atoms with E-state index in [1.165, 1.54) is 23.5 Å². The van der Waals surface area contributed by atoms with Crippen LogP contribution in [0.5, 0.6) is 0 Å². The van der Waals surface area contributed by atoms with Crippen molar-refractivity contribution in [3.05, 3.63) is 58.8 Å². The number of anilines is 1. The third-order valence-corrected chi connectivity index (χ3v) is 7.28. The molecule has 1 saturated heterocycles. The Balaban J connectivity index is 1.48. The molecule has 1 aromatic carbocycles. The maximum absolute atomic E-state index is 13.8. The van der Waals surface area contributed by atoms with Crippen molar-refractivity contribution in [2.45, 2.75) is 30.6 Å². The molecule has 1 fully saturated rings. The van der Waals surface area contributed by atoms with Gasteiger partial charge in [-0.3, -0.25) is 14.2 Å². The summed E-state index contributed by atoms with van der Waals surface area (Å²) in [6, 6.07) is 9.69. The normalized spacial score (nSPS) is 16.1. The number of pyridine rings is 1. The van der Waals surface area contributed by atoms with E-state index in [9.17, 15) is 14.0 Å². The SMILES string of the molecule is O=C(CSc1nc2c(sc3ncccc32)c(=O)n1C[C@H]1CCCO1)Nc1ccccc1F. The average Bonchev–Trinajstić information content (AvgIpc) is 3.44. The molecule has 0 aliphatic carbocycles. The van der Waals surface area contributed by atoms with Crippen molar-refractivity contribution in [1.82, 2.24) is 14.5 Å². The molecule has 1 amide bonds. The standard InChI is InChI=1S/C22H19FN4O3S2/c23-15-7-1-2-8-16(15)25-17(28)12-31-22-26-18-14-6-3-9-24-20(14)32-19(18)21(29)27(22)11-13-5-4-10-30-13/h1-3,6-9,13H,4-5,10-12H2,(H,25,28)/t13-/m1/s1. The molecule has 3 aromatic heterocycles. The molecule has 10 heteroatoms. The van der Waals surface area contributed by atoms with E-state index in [0.717, 1.165) is 34.8 Å². The van der Waals surface area contributed by atoms with Crippen LogP contribution in [0.15, 0.2) is 52.5 Å². The van der Waals surface area contributed by atoms with Gasteiger partial charge in [-0.25, -0.2) is 14.4 Å². The highest BCUT2D eigenvalue weighted by molar-refractivity contribution is 7.99. The van der Waals surface area contributed by atoms with Crippen LogP contribution in [0, 0.1) is 5.82 Å². The topological polar surface area (TPSA) is 86.1 Å². The van der Waals surface area contributed by atoms with Crippen LogP contribution in [-0.2, 0) is 16.1 Å². The molecule has 4 aromatic rings. The molecule has 164 valence electrons. The number of carbonyl (C=O) groups is 1. The molecule has 0 radical (unpaired) electrons. The van der Waals surface area contributed by atoms with Crippen LogP contribution in [0.3, 0.4) is 0 Å². The van der Waals surface area contributed by atoms with E-state index in [1.807, 2.05) is 12.1 Å². The first-order chi connectivity index (χ1) is 15.6. The number of amides is 1. The summed E-state index contributed by atoms with van der Waals surface area (Å²) in [5, 5.41) is 3.81. The summed E-state index contributed by atoms with van der Waals surface area (Å²) in [4.78, 5) is 35.7. The van der Waals surface area contributed by atoms with Gasteiger partial charge < -0.3 is 10.1 Å². The van der Waals surface area contributed by atoms with Crippen LogP contribution in [-0.4, -0.2) is 38.9 Å². The summed E-state index contributed by atoms with van der Waals surface area (Å²) in [5.41, 5.74) is 0.544. The number of ether oxygens (including phenoxy) is 1. The molecule has 1 atom stereocenters. The summed E-state index contributed by atoms with van der Waals surface area (Å²) < 4.78 is 21.7. The lowest BCUT2D eigenvalue weighted by atomic mass is 10.2. The van der Waals surface area contributed by atoms with E-state index >= 15 is 0 Å². The monoisotopic (exact) mass is 470 g/mol. The van der Waals surface area contributed by atoms with Gasteiger partial charge in [0.25, 0.3) is 5.56 Å². The first-order valence-corrected chi connectivity index (χ1v) is 12.0. The molecule has 0 saturated carbocycles. The lowest BCUT2D eigenvalue weighted by Gasteiger charge is -2.15. The van der Waals surface area contributed by atoms with Crippen molar-refractivity contribution < 1.29 is 13.9 Å². The zero-order valence-electron chi connectivity index (χ0n) is 16.9. The highest BCUT2D eigenvalue weighted by Gasteiger charge is 2.22. The number of hydrogen-bond donors (Lipinski definition) is 1. The Hall–Kier alpha value is -2.82. The van der Waals surface area contributed by atoms with Crippen molar-refractivity contribution in [1.29, 1.82) is 0 Å². The Bertz CT molecular complexity index is 1360. The Morgan fingerprint density at radius 1 is 1.31 bits per heavy atom. The van der Waals surface area contributed by atoms with Gasteiger partial charge in [-0.05, 0) is 37.1 Å². The van der Waals surface area contributed by atoms with E-state index in [1.54, 1.807) is 22.9 Å².